The number of rotatable bonds is 6. The van der Waals surface area contributed by atoms with Crippen LogP contribution >= 0.6 is 0 Å². The lowest BCUT2D eigenvalue weighted by Gasteiger charge is -2.63. The van der Waals surface area contributed by atoms with Gasteiger partial charge in [-0.15, -0.1) is 0 Å². The summed E-state index contributed by atoms with van der Waals surface area (Å²) in [5, 5.41) is 11.8. The number of carbonyl (C=O) groups excluding carboxylic acids is 2. The Morgan fingerprint density at radius 3 is 2.45 bits per heavy atom. The maximum Gasteiger partial charge on any atom is 0.302 e. The molecule has 0 aromatic heterocycles. The Balaban J connectivity index is 1.52. The van der Waals surface area contributed by atoms with Crippen molar-refractivity contribution in [3.8, 4) is 0 Å². The summed E-state index contributed by atoms with van der Waals surface area (Å²) in [4.78, 5) is 25.1. The molecule has 4 saturated carbocycles. The van der Waals surface area contributed by atoms with Crippen LogP contribution in [0.3, 0.4) is 0 Å². The van der Waals surface area contributed by atoms with Crippen molar-refractivity contribution < 1.29 is 19.4 Å². The molecule has 0 saturated heterocycles. The lowest BCUT2D eigenvalue weighted by molar-refractivity contribution is -0.217. The Morgan fingerprint density at radius 2 is 1.79 bits per heavy atom. The minimum absolute atomic E-state index is 0.0146. The number of Topliss-reactive ketones (excluding diaryl/α,β-unsaturated/α-hetero) is 1. The van der Waals surface area contributed by atoms with Crippen LogP contribution in [0.5, 0.6) is 0 Å². The molecular formula is C29H48O4. The second-order valence-corrected chi connectivity index (χ2v) is 13.3. The van der Waals surface area contributed by atoms with Gasteiger partial charge in [0, 0.05) is 25.2 Å². The summed E-state index contributed by atoms with van der Waals surface area (Å²) < 4.78 is 5.46. The Bertz CT molecular complexity index is 761. The SMILES string of the molecule is CC(=O)O[C@H]1CC[C@]2(C)C3CC[C@@]4(C)C(CC[C@@H]4C(C)CCCC(C)C)C3CC(=O)[C@@]2(O)C1. The molecule has 33 heavy (non-hydrogen) atoms. The number of hydrogen-bond donors (Lipinski definition) is 1. The number of hydrogen-bond acceptors (Lipinski definition) is 4. The standard InChI is InChI=1S/C29H48O4/c1-18(2)8-7-9-19(3)23-10-11-24-22-16-26(31)29(32)17-21(33-20(4)30)12-15-28(29,6)25(22)13-14-27(23,24)5/h18-19,21-25,32H,7-17H2,1-6H3/t19?,21-,22?,23+,24?,25?,27+,28+,29-/m0/s1. The van der Waals surface area contributed by atoms with Crippen LogP contribution in [0.1, 0.15) is 112 Å². The van der Waals surface area contributed by atoms with Crippen molar-refractivity contribution in [3.05, 3.63) is 0 Å². The average molecular weight is 461 g/mol. The van der Waals surface area contributed by atoms with Gasteiger partial charge in [-0.25, -0.2) is 0 Å². The van der Waals surface area contributed by atoms with Gasteiger partial charge >= 0.3 is 5.97 Å². The van der Waals surface area contributed by atoms with E-state index in [2.05, 4.69) is 34.6 Å². The molecule has 0 aromatic carbocycles. The van der Waals surface area contributed by atoms with Gasteiger partial charge < -0.3 is 9.84 Å². The summed E-state index contributed by atoms with van der Waals surface area (Å²) in [6, 6.07) is 0. The summed E-state index contributed by atoms with van der Waals surface area (Å²) in [5.41, 5.74) is -1.41. The highest BCUT2D eigenvalue weighted by Gasteiger charge is 2.68. The summed E-state index contributed by atoms with van der Waals surface area (Å²) in [6.07, 6.45) is 10.9. The Kier molecular flexibility index (Phi) is 6.84. The highest BCUT2D eigenvalue weighted by molar-refractivity contribution is 5.89. The second-order valence-electron chi connectivity index (χ2n) is 13.3. The predicted octanol–water partition coefficient (Wildman–Crippen LogP) is 6.33. The number of esters is 1. The van der Waals surface area contributed by atoms with Crippen molar-refractivity contribution in [2.45, 2.75) is 124 Å². The summed E-state index contributed by atoms with van der Waals surface area (Å²) in [7, 11) is 0. The van der Waals surface area contributed by atoms with Crippen LogP contribution in [0.25, 0.3) is 0 Å². The molecule has 0 spiro atoms. The van der Waals surface area contributed by atoms with E-state index in [1.807, 2.05) is 0 Å². The number of ether oxygens (including phenoxy) is 1. The zero-order valence-corrected chi connectivity index (χ0v) is 22.0. The number of ketones is 1. The molecule has 4 rings (SSSR count). The Hall–Kier alpha value is -0.900. The van der Waals surface area contributed by atoms with Crippen molar-refractivity contribution in [1.29, 1.82) is 0 Å². The van der Waals surface area contributed by atoms with Crippen molar-refractivity contribution in [1.82, 2.24) is 0 Å². The van der Waals surface area contributed by atoms with Crippen LogP contribution < -0.4 is 0 Å². The Morgan fingerprint density at radius 1 is 1.06 bits per heavy atom. The third-order valence-electron chi connectivity index (χ3n) is 11.1. The highest BCUT2D eigenvalue weighted by atomic mass is 16.5. The molecule has 188 valence electrons. The van der Waals surface area contributed by atoms with Gasteiger partial charge in [-0.1, -0.05) is 53.9 Å². The molecule has 4 aliphatic rings. The molecule has 1 N–H and O–H groups in total. The molecule has 9 atom stereocenters. The quantitative estimate of drug-likeness (QED) is 0.470. The molecule has 0 radical (unpaired) electrons. The van der Waals surface area contributed by atoms with Crippen molar-refractivity contribution in [2.75, 3.05) is 0 Å². The van der Waals surface area contributed by atoms with Crippen LogP contribution in [0.2, 0.25) is 0 Å². The maximum absolute atomic E-state index is 13.6. The molecule has 0 bridgehead atoms. The second kappa shape index (κ2) is 8.95. The third-order valence-corrected chi connectivity index (χ3v) is 11.1. The number of aliphatic hydroxyl groups is 1. The number of carbonyl (C=O) groups is 2. The first-order valence-corrected chi connectivity index (χ1v) is 13.8. The molecule has 0 heterocycles. The molecule has 4 fully saturated rings. The number of fused-ring (bicyclic) bond motifs is 5. The van der Waals surface area contributed by atoms with Crippen LogP contribution in [-0.2, 0) is 14.3 Å². The maximum atomic E-state index is 13.6. The molecular weight excluding hydrogens is 412 g/mol. The van der Waals surface area contributed by atoms with E-state index in [1.54, 1.807) is 0 Å². The van der Waals surface area contributed by atoms with E-state index < -0.39 is 11.0 Å². The monoisotopic (exact) mass is 460 g/mol. The largest absolute Gasteiger partial charge is 0.462 e. The van der Waals surface area contributed by atoms with Crippen LogP contribution in [0.4, 0.5) is 0 Å². The first kappa shape index (κ1) is 25.2. The van der Waals surface area contributed by atoms with E-state index in [4.69, 9.17) is 4.74 Å². The zero-order chi connectivity index (χ0) is 24.2. The lowest BCUT2D eigenvalue weighted by atomic mass is 9.42. The van der Waals surface area contributed by atoms with Crippen LogP contribution in [-0.4, -0.2) is 28.6 Å². The van der Waals surface area contributed by atoms with Crippen LogP contribution in [0.15, 0.2) is 0 Å². The molecule has 0 aliphatic heterocycles. The lowest BCUT2D eigenvalue weighted by Crippen LogP contribution is -2.67. The third kappa shape index (κ3) is 4.10. The predicted molar refractivity (Wildman–Crippen MR) is 130 cm³/mol. The van der Waals surface area contributed by atoms with Crippen molar-refractivity contribution >= 4 is 11.8 Å². The summed E-state index contributed by atoms with van der Waals surface area (Å²) in [6.45, 7) is 13.2. The van der Waals surface area contributed by atoms with E-state index in [-0.39, 0.29) is 24.3 Å². The van der Waals surface area contributed by atoms with Crippen molar-refractivity contribution in [3.63, 3.8) is 0 Å². The topological polar surface area (TPSA) is 63.6 Å². The first-order valence-electron chi connectivity index (χ1n) is 13.8. The van der Waals surface area contributed by atoms with Gasteiger partial charge in [0.15, 0.2) is 5.78 Å². The smallest absolute Gasteiger partial charge is 0.302 e. The summed E-state index contributed by atoms with van der Waals surface area (Å²) in [5.74, 6) is 3.39. The Labute approximate surface area is 201 Å². The molecule has 4 unspecified atom stereocenters. The van der Waals surface area contributed by atoms with E-state index >= 15 is 0 Å². The van der Waals surface area contributed by atoms with Gasteiger partial charge in [0.25, 0.3) is 0 Å². The van der Waals surface area contributed by atoms with Gasteiger partial charge in [0.1, 0.15) is 11.7 Å². The average Bonchev–Trinajstić information content (AvgIpc) is 3.07. The van der Waals surface area contributed by atoms with Gasteiger partial charge in [-0.2, -0.15) is 0 Å². The van der Waals surface area contributed by atoms with E-state index in [9.17, 15) is 14.7 Å². The normalized spacial score (nSPS) is 45.8. The van der Waals surface area contributed by atoms with E-state index in [1.165, 1.54) is 45.4 Å². The van der Waals surface area contributed by atoms with Gasteiger partial charge in [-0.05, 0) is 79.4 Å². The molecule has 4 heteroatoms. The van der Waals surface area contributed by atoms with Crippen LogP contribution in [0, 0.1) is 46.3 Å². The first-order chi connectivity index (χ1) is 15.4. The minimum atomic E-state index is -1.34. The van der Waals surface area contributed by atoms with Gasteiger partial charge in [0.2, 0.25) is 0 Å². The fourth-order valence-electron chi connectivity index (χ4n) is 9.36. The van der Waals surface area contributed by atoms with Gasteiger partial charge in [-0.3, -0.25) is 9.59 Å². The van der Waals surface area contributed by atoms with Crippen molar-refractivity contribution in [2.24, 2.45) is 46.3 Å². The molecule has 4 aliphatic carbocycles. The van der Waals surface area contributed by atoms with Gasteiger partial charge in [0.05, 0.1) is 0 Å². The minimum Gasteiger partial charge on any atom is -0.462 e. The van der Waals surface area contributed by atoms with E-state index in [0.717, 1.165) is 37.0 Å². The molecule has 0 amide bonds. The molecule has 4 nitrogen and oxygen atoms in total. The summed E-state index contributed by atoms with van der Waals surface area (Å²) >= 11 is 0. The fourth-order valence-corrected chi connectivity index (χ4v) is 9.36. The molecule has 0 aromatic rings. The zero-order valence-electron chi connectivity index (χ0n) is 22.0. The fraction of sp³-hybridized carbons (Fsp3) is 0.931. The highest BCUT2D eigenvalue weighted by Crippen LogP contribution is 2.68. The van der Waals surface area contributed by atoms with E-state index in [0.29, 0.717) is 29.6 Å².